The summed E-state index contributed by atoms with van der Waals surface area (Å²) in [6, 6.07) is 0.296. The maximum atomic E-state index is 10.9. The zero-order valence-electron chi connectivity index (χ0n) is 10.4. The number of aldehydes is 1. The van der Waals surface area contributed by atoms with Gasteiger partial charge in [-0.05, 0) is 18.4 Å². The van der Waals surface area contributed by atoms with Crippen molar-refractivity contribution in [1.29, 1.82) is 0 Å². The molecule has 0 saturated carbocycles. The average molecular weight is 249 g/mol. The summed E-state index contributed by atoms with van der Waals surface area (Å²) in [7, 11) is 0. The minimum atomic E-state index is 0.296. The first-order valence-corrected chi connectivity index (χ1v) is 6.47. The van der Waals surface area contributed by atoms with Crippen molar-refractivity contribution in [2.75, 3.05) is 39.3 Å². The van der Waals surface area contributed by atoms with Crippen LogP contribution in [0.25, 0.3) is 0 Å². The van der Waals surface area contributed by atoms with Crippen LogP contribution in [0, 0.1) is 0 Å². The quantitative estimate of drug-likeness (QED) is 0.620. The zero-order chi connectivity index (χ0) is 12.4. The van der Waals surface area contributed by atoms with E-state index in [0.717, 1.165) is 39.0 Å². The summed E-state index contributed by atoms with van der Waals surface area (Å²) in [6.07, 6.45) is 7.02. The number of hydrogen-bond acceptors (Lipinski definition) is 6. The van der Waals surface area contributed by atoms with Crippen molar-refractivity contribution in [2.45, 2.75) is 6.04 Å². The number of piperazine rings is 1. The van der Waals surface area contributed by atoms with Gasteiger partial charge in [-0.25, -0.2) is 5.01 Å². The van der Waals surface area contributed by atoms with Crippen molar-refractivity contribution in [1.82, 2.24) is 25.8 Å². The molecule has 0 aromatic heterocycles. The predicted octanol–water partition coefficient (Wildman–Crippen LogP) is -1.09. The van der Waals surface area contributed by atoms with Crippen molar-refractivity contribution in [3.8, 4) is 0 Å². The van der Waals surface area contributed by atoms with Gasteiger partial charge in [0.25, 0.3) is 0 Å². The second-order valence-corrected chi connectivity index (χ2v) is 4.68. The van der Waals surface area contributed by atoms with E-state index >= 15 is 0 Å². The summed E-state index contributed by atoms with van der Waals surface area (Å²) in [4.78, 5) is 10.9. The average Bonchev–Trinajstić information content (AvgIpc) is 2.80. The first-order chi connectivity index (χ1) is 8.90. The van der Waals surface area contributed by atoms with Gasteiger partial charge in [0, 0.05) is 26.2 Å². The van der Waals surface area contributed by atoms with Crippen molar-refractivity contribution >= 4 is 6.29 Å². The lowest BCUT2D eigenvalue weighted by Crippen LogP contribution is -2.56. The van der Waals surface area contributed by atoms with Gasteiger partial charge in [-0.1, -0.05) is 0 Å². The number of hydrazine groups is 2. The molecule has 0 aromatic rings. The van der Waals surface area contributed by atoms with E-state index in [4.69, 9.17) is 0 Å². The number of carbonyl (C=O) groups excluding carboxylic acids is 1. The SMILES string of the molecule is O=CCN1C2=CC=CNC2CN1N1CCNCC1. The number of dihydropyridines is 1. The second-order valence-electron chi connectivity index (χ2n) is 4.68. The van der Waals surface area contributed by atoms with Crippen LogP contribution in [0.4, 0.5) is 0 Å². The maximum absolute atomic E-state index is 10.9. The van der Waals surface area contributed by atoms with Gasteiger partial charge in [0.1, 0.15) is 6.29 Å². The molecule has 1 atom stereocenters. The van der Waals surface area contributed by atoms with Gasteiger partial charge in [-0.2, -0.15) is 5.12 Å². The molecule has 3 rings (SSSR count). The van der Waals surface area contributed by atoms with E-state index in [1.165, 1.54) is 5.70 Å². The number of fused-ring (bicyclic) bond motifs is 1. The fraction of sp³-hybridized carbons (Fsp3) is 0.583. The second kappa shape index (κ2) is 5.09. The Bertz CT molecular complexity index is 375. The third-order valence-electron chi connectivity index (χ3n) is 3.61. The molecule has 18 heavy (non-hydrogen) atoms. The molecule has 0 bridgehead atoms. The van der Waals surface area contributed by atoms with Crippen LogP contribution < -0.4 is 10.6 Å². The maximum Gasteiger partial charge on any atom is 0.140 e. The molecule has 0 aliphatic carbocycles. The van der Waals surface area contributed by atoms with Gasteiger partial charge in [0.2, 0.25) is 0 Å². The highest BCUT2D eigenvalue weighted by atomic mass is 16.1. The molecule has 0 amide bonds. The summed E-state index contributed by atoms with van der Waals surface area (Å²) in [5, 5.41) is 13.3. The van der Waals surface area contributed by atoms with Crippen LogP contribution in [0.5, 0.6) is 0 Å². The Labute approximate surface area is 107 Å². The van der Waals surface area contributed by atoms with Crippen molar-refractivity contribution in [3.63, 3.8) is 0 Å². The molecule has 2 saturated heterocycles. The highest BCUT2D eigenvalue weighted by molar-refractivity contribution is 5.53. The molecule has 98 valence electrons. The molecule has 2 N–H and O–H groups in total. The molecular formula is C12H19N5O. The van der Waals surface area contributed by atoms with Crippen LogP contribution in [0.15, 0.2) is 24.0 Å². The summed E-state index contributed by atoms with van der Waals surface area (Å²) in [5.74, 6) is 0. The Hall–Kier alpha value is -1.37. The molecule has 6 nitrogen and oxygen atoms in total. The van der Waals surface area contributed by atoms with Gasteiger partial charge in [-0.3, -0.25) is 5.01 Å². The molecule has 3 heterocycles. The summed E-state index contributed by atoms with van der Waals surface area (Å²) in [6.45, 7) is 5.29. The van der Waals surface area contributed by atoms with E-state index in [-0.39, 0.29) is 0 Å². The number of nitrogens with one attached hydrogen (secondary N) is 2. The normalized spacial score (nSPS) is 28.8. The Morgan fingerprint density at radius 3 is 3.00 bits per heavy atom. The first-order valence-electron chi connectivity index (χ1n) is 6.47. The topological polar surface area (TPSA) is 50.9 Å². The number of allylic oxidation sites excluding steroid dienone is 2. The van der Waals surface area contributed by atoms with Gasteiger partial charge in [0.15, 0.2) is 0 Å². The number of rotatable bonds is 3. The van der Waals surface area contributed by atoms with Gasteiger partial charge >= 0.3 is 0 Å². The van der Waals surface area contributed by atoms with E-state index in [2.05, 4.69) is 31.8 Å². The molecule has 2 fully saturated rings. The van der Waals surface area contributed by atoms with Crippen molar-refractivity contribution in [3.05, 3.63) is 24.0 Å². The largest absolute Gasteiger partial charge is 0.381 e. The summed E-state index contributed by atoms with van der Waals surface area (Å²) >= 11 is 0. The first kappa shape index (κ1) is 11.7. The van der Waals surface area contributed by atoms with Crippen LogP contribution in [0.2, 0.25) is 0 Å². The number of nitrogens with zero attached hydrogens (tertiary/aromatic N) is 3. The van der Waals surface area contributed by atoms with E-state index in [0.29, 0.717) is 12.6 Å². The lowest BCUT2D eigenvalue weighted by molar-refractivity contribution is -0.151. The van der Waals surface area contributed by atoms with Gasteiger partial charge < -0.3 is 15.4 Å². The Kier molecular flexibility index (Phi) is 3.31. The van der Waals surface area contributed by atoms with Crippen molar-refractivity contribution < 1.29 is 4.79 Å². The standard InChI is InChI=1S/C12H19N5O/c18-9-8-16-12-2-1-3-14-11(12)10-17(16)15-6-4-13-5-7-15/h1-3,9,11,13-14H,4-8,10H2. The molecule has 3 aliphatic heterocycles. The van der Waals surface area contributed by atoms with Crippen LogP contribution in [0.1, 0.15) is 0 Å². The monoisotopic (exact) mass is 249 g/mol. The minimum absolute atomic E-state index is 0.296. The van der Waals surface area contributed by atoms with Crippen LogP contribution in [0.3, 0.4) is 0 Å². The molecule has 3 aliphatic rings. The smallest absolute Gasteiger partial charge is 0.140 e. The molecule has 0 radical (unpaired) electrons. The lowest BCUT2D eigenvalue weighted by atomic mass is 10.2. The van der Waals surface area contributed by atoms with E-state index in [1.807, 2.05) is 12.3 Å². The van der Waals surface area contributed by atoms with Crippen LogP contribution >= 0.6 is 0 Å². The van der Waals surface area contributed by atoms with E-state index in [9.17, 15) is 4.79 Å². The Balaban J connectivity index is 1.79. The molecule has 6 heteroatoms. The third kappa shape index (κ3) is 2.03. The Morgan fingerprint density at radius 2 is 2.22 bits per heavy atom. The van der Waals surface area contributed by atoms with E-state index < -0.39 is 0 Å². The van der Waals surface area contributed by atoms with Crippen LogP contribution in [-0.4, -0.2) is 66.7 Å². The highest BCUT2D eigenvalue weighted by Gasteiger charge is 2.37. The summed E-state index contributed by atoms with van der Waals surface area (Å²) < 4.78 is 0. The van der Waals surface area contributed by atoms with Gasteiger partial charge in [0.05, 0.1) is 24.8 Å². The summed E-state index contributed by atoms with van der Waals surface area (Å²) in [5.41, 5.74) is 1.18. The van der Waals surface area contributed by atoms with Crippen LogP contribution in [-0.2, 0) is 4.79 Å². The van der Waals surface area contributed by atoms with E-state index in [1.54, 1.807) is 0 Å². The number of hydrogen-bond donors (Lipinski definition) is 2. The zero-order valence-corrected chi connectivity index (χ0v) is 10.4. The fourth-order valence-electron chi connectivity index (χ4n) is 2.75. The minimum Gasteiger partial charge on any atom is -0.381 e. The Morgan fingerprint density at radius 1 is 1.39 bits per heavy atom. The molecular weight excluding hydrogens is 230 g/mol. The molecule has 1 unspecified atom stereocenters. The van der Waals surface area contributed by atoms with Crippen molar-refractivity contribution in [2.24, 2.45) is 0 Å². The highest BCUT2D eigenvalue weighted by Crippen LogP contribution is 2.25. The molecule has 0 spiro atoms. The number of carbonyl (C=O) groups is 1. The van der Waals surface area contributed by atoms with Gasteiger partial charge in [-0.15, -0.1) is 0 Å². The fourth-order valence-corrected chi connectivity index (χ4v) is 2.75. The molecule has 0 aromatic carbocycles. The lowest BCUT2D eigenvalue weighted by Gasteiger charge is -2.40. The predicted molar refractivity (Wildman–Crippen MR) is 68.1 cm³/mol. The third-order valence-corrected chi connectivity index (χ3v) is 3.61.